The summed E-state index contributed by atoms with van der Waals surface area (Å²) in [7, 11) is 1.66. The second-order valence-corrected chi connectivity index (χ2v) is 6.45. The van der Waals surface area contributed by atoms with E-state index in [1.165, 1.54) is 10.9 Å². The zero-order valence-corrected chi connectivity index (χ0v) is 14.4. The van der Waals surface area contributed by atoms with Crippen LogP contribution in [-0.2, 0) is 16.6 Å². The molecule has 0 unspecified atom stereocenters. The number of hydrogen-bond acceptors (Lipinski definition) is 5. The van der Waals surface area contributed by atoms with Gasteiger partial charge in [0.15, 0.2) is 5.82 Å². The van der Waals surface area contributed by atoms with Crippen LogP contribution in [-0.4, -0.2) is 58.3 Å². The third kappa shape index (κ3) is 3.75. The molecule has 0 bridgehead atoms. The van der Waals surface area contributed by atoms with Crippen LogP contribution in [0.2, 0.25) is 0 Å². The van der Waals surface area contributed by atoms with Crippen molar-refractivity contribution in [2.75, 3.05) is 25.0 Å². The first-order chi connectivity index (χ1) is 12.0. The Bertz CT molecular complexity index is 676. The van der Waals surface area contributed by atoms with Crippen molar-refractivity contribution in [2.24, 2.45) is 13.0 Å². The lowest BCUT2D eigenvalue weighted by Crippen LogP contribution is -2.62. The van der Waals surface area contributed by atoms with Crippen LogP contribution >= 0.6 is 0 Å². The van der Waals surface area contributed by atoms with E-state index in [2.05, 4.69) is 15.7 Å². The van der Waals surface area contributed by atoms with Crippen molar-refractivity contribution in [3.63, 3.8) is 0 Å². The molecule has 1 aliphatic carbocycles. The highest BCUT2D eigenvalue weighted by atomic mass is 16.5. The number of urea groups is 1. The quantitative estimate of drug-likeness (QED) is 0.763. The first-order valence-electron chi connectivity index (χ1n) is 8.55. The maximum atomic E-state index is 12.3. The van der Waals surface area contributed by atoms with Gasteiger partial charge in [-0.3, -0.25) is 14.8 Å². The molecule has 2 N–H and O–H groups in total. The number of esters is 1. The van der Waals surface area contributed by atoms with E-state index in [0.717, 1.165) is 19.3 Å². The summed E-state index contributed by atoms with van der Waals surface area (Å²) in [5, 5.41) is 9.69. The number of aryl methyl sites for hydroxylation is 1. The molecular weight excluding hydrogens is 326 g/mol. The molecule has 1 saturated carbocycles. The largest absolute Gasteiger partial charge is 0.462 e. The molecule has 1 aromatic heterocycles. The van der Waals surface area contributed by atoms with Gasteiger partial charge in [0.2, 0.25) is 5.91 Å². The highest BCUT2D eigenvalue weighted by Gasteiger charge is 2.35. The van der Waals surface area contributed by atoms with Crippen molar-refractivity contribution >= 4 is 23.7 Å². The summed E-state index contributed by atoms with van der Waals surface area (Å²) >= 11 is 0. The van der Waals surface area contributed by atoms with Gasteiger partial charge in [0.25, 0.3) is 0 Å². The van der Waals surface area contributed by atoms with Crippen LogP contribution in [0.3, 0.4) is 0 Å². The van der Waals surface area contributed by atoms with Gasteiger partial charge >= 0.3 is 12.0 Å². The SMILES string of the molecule is CCOC(=O)c1cn(C)nc1NC(=O)N1CC(NC(=O)C2CCC2)C1. The summed E-state index contributed by atoms with van der Waals surface area (Å²) in [5.74, 6) is -0.123. The van der Waals surface area contributed by atoms with Crippen LogP contribution in [0.15, 0.2) is 6.20 Å². The van der Waals surface area contributed by atoms with E-state index in [4.69, 9.17) is 4.74 Å². The Hall–Kier alpha value is -2.58. The minimum absolute atomic E-state index is 0.00731. The lowest BCUT2D eigenvalue weighted by Gasteiger charge is -2.40. The van der Waals surface area contributed by atoms with Crippen molar-refractivity contribution in [2.45, 2.75) is 32.2 Å². The molecule has 9 nitrogen and oxygen atoms in total. The van der Waals surface area contributed by atoms with Crippen molar-refractivity contribution in [3.05, 3.63) is 11.8 Å². The summed E-state index contributed by atoms with van der Waals surface area (Å²) in [6.07, 6.45) is 4.54. The first-order valence-corrected chi connectivity index (χ1v) is 8.55. The average Bonchev–Trinajstić information content (AvgIpc) is 2.81. The summed E-state index contributed by atoms with van der Waals surface area (Å²) in [4.78, 5) is 37.6. The fourth-order valence-electron chi connectivity index (χ4n) is 2.84. The van der Waals surface area contributed by atoms with Crippen LogP contribution in [0.5, 0.6) is 0 Å². The molecule has 0 spiro atoms. The Morgan fingerprint density at radius 3 is 2.64 bits per heavy atom. The third-order valence-electron chi connectivity index (χ3n) is 4.54. The number of nitrogens with one attached hydrogen (secondary N) is 2. The lowest BCUT2D eigenvalue weighted by molar-refractivity contribution is -0.129. The standard InChI is InChI=1S/C16H23N5O4/c1-3-25-15(23)12-9-20(2)19-13(12)18-16(24)21-7-11(8-21)17-14(22)10-5-4-6-10/h9-11H,3-8H2,1-2H3,(H,17,22)(H,18,19,24). The molecule has 2 aliphatic rings. The third-order valence-corrected chi connectivity index (χ3v) is 4.54. The monoisotopic (exact) mass is 349 g/mol. The number of carbonyl (C=O) groups is 3. The molecule has 136 valence electrons. The number of amides is 3. The lowest BCUT2D eigenvalue weighted by atomic mass is 9.84. The fourth-order valence-corrected chi connectivity index (χ4v) is 2.84. The fraction of sp³-hybridized carbons (Fsp3) is 0.625. The Balaban J connectivity index is 1.50. The molecule has 25 heavy (non-hydrogen) atoms. The maximum Gasteiger partial charge on any atom is 0.343 e. The topological polar surface area (TPSA) is 106 Å². The van der Waals surface area contributed by atoms with Crippen LogP contribution in [0.25, 0.3) is 0 Å². The number of nitrogens with zero attached hydrogens (tertiary/aromatic N) is 3. The number of carbonyl (C=O) groups excluding carboxylic acids is 3. The molecule has 1 aliphatic heterocycles. The number of aromatic nitrogens is 2. The summed E-state index contributed by atoms with van der Waals surface area (Å²) in [6, 6.07) is -0.356. The minimum atomic E-state index is -0.528. The Kier molecular flexibility index (Phi) is 4.91. The molecule has 3 amide bonds. The molecule has 9 heteroatoms. The van der Waals surface area contributed by atoms with E-state index in [1.807, 2.05) is 0 Å². The number of likely N-dealkylation sites (tertiary alicyclic amines) is 1. The average molecular weight is 349 g/mol. The van der Waals surface area contributed by atoms with Crippen molar-refractivity contribution < 1.29 is 19.1 Å². The van der Waals surface area contributed by atoms with E-state index < -0.39 is 5.97 Å². The van der Waals surface area contributed by atoms with Gasteiger partial charge in [-0.2, -0.15) is 5.10 Å². The zero-order chi connectivity index (χ0) is 18.0. The number of hydrogen-bond donors (Lipinski definition) is 2. The summed E-state index contributed by atoms with van der Waals surface area (Å²) < 4.78 is 6.40. The molecule has 1 saturated heterocycles. The Morgan fingerprint density at radius 2 is 2.04 bits per heavy atom. The normalized spacial score (nSPS) is 17.4. The van der Waals surface area contributed by atoms with Crippen LogP contribution in [0, 0.1) is 5.92 Å². The second-order valence-electron chi connectivity index (χ2n) is 6.45. The highest BCUT2D eigenvalue weighted by Crippen LogP contribution is 2.26. The minimum Gasteiger partial charge on any atom is -0.462 e. The van der Waals surface area contributed by atoms with Gasteiger partial charge in [0.05, 0.1) is 12.6 Å². The Labute approximate surface area is 145 Å². The van der Waals surface area contributed by atoms with Gasteiger partial charge in [-0.05, 0) is 19.8 Å². The van der Waals surface area contributed by atoms with Crippen LogP contribution in [0.1, 0.15) is 36.5 Å². The smallest absolute Gasteiger partial charge is 0.343 e. The maximum absolute atomic E-state index is 12.3. The van der Waals surface area contributed by atoms with Crippen LogP contribution in [0.4, 0.5) is 10.6 Å². The molecule has 3 rings (SSSR count). The molecule has 1 aromatic rings. The molecular formula is C16H23N5O4. The summed E-state index contributed by atoms with van der Waals surface area (Å²) in [5.41, 5.74) is 0.216. The van der Waals surface area contributed by atoms with Crippen molar-refractivity contribution in [1.29, 1.82) is 0 Å². The van der Waals surface area contributed by atoms with Gasteiger partial charge < -0.3 is 15.0 Å². The molecule has 2 heterocycles. The second kappa shape index (κ2) is 7.12. The number of rotatable bonds is 5. The number of ether oxygens (including phenoxy) is 1. The predicted octanol–water partition coefficient (Wildman–Crippen LogP) is 0.729. The van der Waals surface area contributed by atoms with E-state index >= 15 is 0 Å². The van der Waals surface area contributed by atoms with E-state index in [0.29, 0.717) is 13.1 Å². The van der Waals surface area contributed by atoms with Gasteiger partial charge in [0.1, 0.15) is 5.56 Å². The zero-order valence-electron chi connectivity index (χ0n) is 14.4. The number of anilines is 1. The van der Waals surface area contributed by atoms with Gasteiger partial charge in [-0.15, -0.1) is 0 Å². The van der Waals surface area contributed by atoms with Gasteiger partial charge in [0, 0.05) is 32.3 Å². The predicted molar refractivity (Wildman–Crippen MR) is 89.0 cm³/mol. The summed E-state index contributed by atoms with van der Waals surface area (Å²) in [6.45, 7) is 2.86. The first kappa shape index (κ1) is 17.2. The molecule has 0 aromatic carbocycles. The van der Waals surface area contributed by atoms with Crippen molar-refractivity contribution in [1.82, 2.24) is 20.0 Å². The molecule has 2 fully saturated rings. The van der Waals surface area contributed by atoms with E-state index in [1.54, 1.807) is 18.9 Å². The van der Waals surface area contributed by atoms with Gasteiger partial charge in [-0.1, -0.05) is 6.42 Å². The highest BCUT2D eigenvalue weighted by molar-refractivity contribution is 5.99. The molecule has 0 atom stereocenters. The Morgan fingerprint density at radius 1 is 1.32 bits per heavy atom. The van der Waals surface area contributed by atoms with Crippen LogP contribution < -0.4 is 10.6 Å². The molecule has 0 radical (unpaired) electrons. The van der Waals surface area contributed by atoms with E-state index in [-0.39, 0.29) is 41.9 Å². The van der Waals surface area contributed by atoms with E-state index in [9.17, 15) is 14.4 Å². The van der Waals surface area contributed by atoms with Crippen molar-refractivity contribution in [3.8, 4) is 0 Å². The van der Waals surface area contributed by atoms with Gasteiger partial charge in [-0.25, -0.2) is 9.59 Å².